The molecule has 2 aromatic carbocycles. The summed E-state index contributed by atoms with van der Waals surface area (Å²) < 4.78 is 19.1. The maximum Gasteiger partial charge on any atom is 0.129 e. The highest BCUT2D eigenvalue weighted by Crippen LogP contribution is 2.16. The van der Waals surface area contributed by atoms with Crippen LogP contribution in [0.25, 0.3) is 0 Å². The Labute approximate surface area is 125 Å². The summed E-state index contributed by atoms with van der Waals surface area (Å²) >= 11 is 0. The number of nitrogens with one attached hydrogen (secondary N) is 1. The van der Waals surface area contributed by atoms with Crippen molar-refractivity contribution in [3.63, 3.8) is 0 Å². The third kappa shape index (κ3) is 4.83. The Hall–Kier alpha value is -1.58. The number of hydrogen-bond donors (Lipinski definition) is 1. The Bertz CT molecular complexity index is 533. The minimum atomic E-state index is -0.230. The van der Waals surface area contributed by atoms with Gasteiger partial charge in [0.2, 0.25) is 0 Å². The van der Waals surface area contributed by atoms with Crippen LogP contribution < -0.4 is 10.1 Å². The van der Waals surface area contributed by atoms with E-state index < -0.39 is 0 Å². The topological polar surface area (TPSA) is 21.3 Å². The number of benzene rings is 2. The highest BCUT2D eigenvalue weighted by molar-refractivity contribution is 5.85. The van der Waals surface area contributed by atoms with Gasteiger partial charge in [0.05, 0.1) is 0 Å². The van der Waals surface area contributed by atoms with E-state index in [4.69, 9.17) is 4.74 Å². The van der Waals surface area contributed by atoms with E-state index in [2.05, 4.69) is 12.2 Å². The van der Waals surface area contributed by atoms with E-state index in [0.29, 0.717) is 5.56 Å². The van der Waals surface area contributed by atoms with E-state index >= 15 is 0 Å². The fourth-order valence-electron chi connectivity index (χ4n) is 1.79. The summed E-state index contributed by atoms with van der Waals surface area (Å²) in [4.78, 5) is 0. The monoisotopic (exact) mass is 295 g/mol. The molecular weight excluding hydrogens is 277 g/mol. The van der Waals surface area contributed by atoms with E-state index in [9.17, 15) is 4.39 Å². The van der Waals surface area contributed by atoms with Gasteiger partial charge in [0.25, 0.3) is 0 Å². The lowest BCUT2D eigenvalue weighted by Gasteiger charge is -2.09. The molecule has 0 aliphatic carbocycles. The molecule has 4 heteroatoms. The first kappa shape index (κ1) is 16.5. The number of hydrogen-bond acceptors (Lipinski definition) is 2. The molecule has 108 valence electrons. The van der Waals surface area contributed by atoms with Gasteiger partial charge in [-0.2, -0.15) is 0 Å². The Balaban J connectivity index is 0.00000200. The van der Waals surface area contributed by atoms with Crippen LogP contribution in [-0.2, 0) is 13.2 Å². The molecule has 0 saturated carbocycles. The highest BCUT2D eigenvalue weighted by Gasteiger charge is 2.02. The molecule has 0 fully saturated rings. The van der Waals surface area contributed by atoms with Crippen molar-refractivity contribution in [2.24, 2.45) is 0 Å². The molecule has 0 unspecified atom stereocenters. The van der Waals surface area contributed by atoms with Gasteiger partial charge in [-0.25, -0.2) is 4.39 Å². The first-order chi connectivity index (χ1) is 9.29. The minimum Gasteiger partial charge on any atom is -0.489 e. The minimum absolute atomic E-state index is 0. The standard InChI is InChI=1S/C16H18FNO.ClH/c1-2-18-11-13-6-5-8-15(10-13)19-12-14-7-3-4-9-16(14)17;/h3-10,18H,2,11-12H2,1H3;1H. The average Bonchev–Trinajstić information content (AvgIpc) is 2.45. The zero-order valence-corrected chi connectivity index (χ0v) is 12.3. The lowest BCUT2D eigenvalue weighted by Crippen LogP contribution is -2.11. The molecule has 2 rings (SSSR count). The van der Waals surface area contributed by atoms with Crippen molar-refractivity contribution < 1.29 is 9.13 Å². The molecule has 0 aromatic heterocycles. The van der Waals surface area contributed by atoms with Gasteiger partial charge in [-0.15, -0.1) is 12.4 Å². The third-order valence-electron chi connectivity index (χ3n) is 2.83. The van der Waals surface area contributed by atoms with Gasteiger partial charge in [0, 0.05) is 12.1 Å². The van der Waals surface area contributed by atoms with Crippen molar-refractivity contribution in [3.05, 3.63) is 65.5 Å². The smallest absolute Gasteiger partial charge is 0.129 e. The van der Waals surface area contributed by atoms with Crippen LogP contribution in [0, 0.1) is 5.82 Å². The molecule has 2 aromatic rings. The molecule has 0 aliphatic heterocycles. The number of ether oxygens (including phenoxy) is 1. The second kappa shape index (κ2) is 8.56. The molecule has 0 atom stereocenters. The lowest BCUT2D eigenvalue weighted by atomic mass is 10.2. The zero-order valence-electron chi connectivity index (χ0n) is 11.4. The van der Waals surface area contributed by atoms with Crippen molar-refractivity contribution in [1.29, 1.82) is 0 Å². The fraction of sp³-hybridized carbons (Fsp3) is 0.250. The average molecular weight is 296 g/mol. The first-order valence-electron chi connectivity index (χ1n) is 6.45. The summed E-state index contributed by atoms with van der Waals surface area (Å²) in [6, 6.07) is 14.5. The molecule has 0 aliphatic rings. The second-order valence-corrected chi connectivity index (χ2v) is 4.31. The summed E-state index contributed by atoms with van der Waals surface area (Å²) in [5.74, 6) is 0.532. The van der Waals surface area contributed by atoms with Gasteiger partial charge >= 0.3 is 0 Å². The molecule has 20 heavy (non-hydrogen) atoms. The fourth-order valence-corrected chi connectivity index (χ4v) is 1.79. The van der Waals surface area contributed by atoms with E-state index in [0.717, 1.165) is 24.4 Å². The van der Waals surface area contributed by atoms with Crippen LogP contribution in [0.15, 0.2) is 48.5 Å². The zero-order chi connectivity index (χ0) is 13.5. The summed E-state index contributed by atoms with van der Waals surface area (Å²) in [7, 11) is 0. The molecule has 0 heterocycles. The van der Waals surface area contributed by atoms with Crippen LogP contribution >= 0.6 is 12.4 Å². The highest BCUT2D eigenvalue weighted by atomic mass is 35.5. The van der Waals surface area contributed by atoms with E-state index in [-0.39, 0.29) is 24.8 Å². The molecular formula is C16H19ClFNO. The van der Waals surface area contributed by atoms with E-state index in [1.807, 2.05) is 30.3 Å². The van der Waals surface area contributed by atoms with Crippen molar-refractivity contribution in [2.75, 3.05) is 6.54 Å². The molecule has 0 saturated heterocycles. The Morgan fingerprint density at radius 2 is 1.90 bits per heavy atom. The van der Waals surface area contributed by atoms with Crippen LogP contribution in [0.2, 0.25) is 0 Å². The van der Waals surface area contributed by atoms with Gasteiger partial charge in [-0.05, 0) is 30.3 Å². The lowest BCUT2D eigenvalue weighted by molar-refractivity contribution is 0.299. The summed E-state index contributed by atoms with van der Waals surface area (Å²) in [6.07, 6.45) is 0. The predicted molar refractivity (Wildman–Crippen MR) is 81.8 cm³/mol. The number of rotatable bonds is 6. The van der Waals surface area contributed by atoms with Crippen molar-refractivity contribution >= 4 is 12.4 Å². The summed E-state index contributed by atoms with van der Waals surface area (Å²) in [5, 5.41) is 3.26. The SMILES string of the molecule is CCNCc1cccc(OCc2ccccc2F)c1.Cl. The normalized spacial score (nSPS) is 9.90. The van der Waals surface area contributed by atoms with Crippen LogP contribution in [0.1, 0.15) is 18.1 Å². The van der Waals surface area contributed by atoms with Gasteiger partial charge in [0.15, 0.2) is 0 Å². The summed E-state index contributed by atoms with van der Waals surface area (Å²) in [5.41, 5.74) is 1.73. The first-order valence-corrected chi connectivity index (χ1v) is 6.45. The molecule has 2 nitrogen and oxygen atoms in total. The molecule has 0 bridgehead atoms. The van der Waals surface area contributed by atoms with Crippen molar-refractivity contribution in [3.8, 4) is 5.75 Å². The van der Waals surface area contributed by atoms with Crippen molar-refractivity contribution in [1.82, 2.24) is 5.32 Å². The Morgan fingerprint density at radius 3 is 2.65 bits per heavy atom. The quantitative estimate of drug-likeness (QED) is 0.872. The van der Waals surface area contributed by atoms with Gasteiger partial charge in [0.1, 0.15) is 18.2 Å². The second-order valence-electron chi connectivity index (χ2n) is 4.31. The number of halogens is 2. The maximum atomic E-state index is 13.4. The largest absolute Gasteiger partial charge is 0.489 e. The van der Waals surface area contributed by atoms with Crippen LogP contribution in [0.4, 0.5) is 4.39 Å². The van der Waals surface area contributed by atoms with Crippen LogP contribution in [0.3, 0.4) is 0 Å². The van der Waals surface area contributed by atoms with Gasteiger partial charge < -0.3 is 10.1 Å². The van der Waals surface area contributed by atoms with E-state index in [1.165, 1.54) is 6.07 Å². The van der Waals surface area contributed by atoms with Gasteiger partial charge in [-0.1, -0.05) is 37.3 Å². The molecule has 0 radical (unpaired) electrons. The van der Waals surface area contributed by atoms with Gasteiger partial charge in [-0.3, -0.25) is 0 Å². The predicted octanol–water partition coefficient (Wildman–Crippen LogP) is 3.94. The van der Waals surface area contributed by atoms with Crippen LogP contribution in [-0.4, -0.2) is 6.54 Å². The maximum absolute atomic E-state index is 13.4. The Morgan fingerprint density at radius 1 is 1.10 bits per heavy atom. The third-order valence-corrected chi connectivity index (χ3v) is 2.83. The van der Waals surface area contributed by atoms with Crippen LogP contribution in [0.5, 0.6) is 5.75 Å². The Kier molecular flexibility index (Phi) is 7.05. The molecule has 0 amide bonds. The molecule has 1 N–H and O–H groups in total. The summed E-state index contributed by atoms with van der Waals surface area (Å²) in [6.45, 7) is 4.06. The molecule has 0 spiro atoms. The van der Waals surface area contributed by atoms with E-state index in [1.54, 1.807) is 12.1 Å². The van der Waals surface area contributed by atoms with Crippen molar-refractivity contribution in [2.45, 2.75) is 20.1 Å².